The van der Waals surface area contributed by atoms with Crippen molar-refractivity contribution in [2.24, 2.45) is 0 Å². The first kappa shape index (κ1) is 19.6. The average Bonchev–Trinajstić information content (AvgIpc) is 2.67. The molecule has 0 aromatic heterocycles. The molecule has 1 aliphatic rings. The number of hydrogen-bond donors (Lipinski definition) is 0. The summed E-state index contributed by atoms with van der Waals surface area (Å²) in [5.41, 5.74) is 1.84. The summed E-state index contributed by atoms with van der Waals surface area (Å²) in [6.45, 7) is 5.60. The molecule has 0 radical (unpaired) electrons. The highest BCUT2D eigenvalue weighted by Gasteiger charge is 2.28. The van der Waals surface area contributed by atoms with Gasteiger partial charge in [-0.05, 0) is 36.8 Å². The summed E-state index contributed by atoms with van der Waals surface area (Å²) >= 11 is 6.29. The Balaban J connectivity index is 1.56. The van der Waals surface area contributed by atoms with Crippen molar-refractivity contribution < 1.29 is 9.18 Å². The van der Waals surface area contributed by atoms with E-state index in [9.17, 15) is 9.18 Å². The summed E-state index contributed by atoms with van der Waals surface area (Å²) in [6.07, 6.45) is 0. The molecule has 1 atom stereocenters. The van der Waals surface area contributed by atoms with E-state index in [1.54, 1.807) is 18.0 Å². The lowest BCUT2D eigenvalue weighted by molar-refractivity contribution is -0.135. The zero-order chi connectivity index (χ0) is 19.4. The standard InChI is InChI=1S/C21H25ClFN3O/c1-16(21(27)24(2)15-17-6-5-7-18(23)14-17)25-10-12-26(13-11-25)20-9-4-3-8-19(20)22/h3-9,14,16H,10-13,15H2,1-2H3. The molecule has 1 fully saturated rings. The maximum Gasteiger partial charge on any atom is 0.239 e. The minimum absolute atomic E-state index is 0.0467. The van der Waals surface area contributed by atoms with Gasteiger partial charge in [-0.1, -0.05) is 35.9 Å². The predicted octanol–water partition coefficient (Wildman–Crippen LogP) is 3.65. The SMILES string of the molecule is CC(C(=O)N(C)Cc1cccc(F)c1)N1CCN(c2ccccc2Cl)CC1. The molecule has 0 bridgehead atoms. The third-order valence-corrected chi connectivity index (χ3v) is 5.42. The molecule has 2 aromatic rings. The Bertz CT molecular complexity index is 793. The Morgan fingerprint density at radius 1 is 1.15 bits per heavy atom. The van der Waals surface area contributed by atoms with Crippen LogP contribution in [0.15, 0.2) is 48.5 Å². The fourth-order valence-corrected chi connectivity index (χ4v) is 3.78. The van der Waals surface area contributed by atoms with E-state index < -0.39 is 0 Å². The fraction of sp³-hybridized carbons (Fsp3) is 0.381. The van der Waals surface area contributed by atoms with Crippen LogP contribution in [-0.4, -0.2) is 55.0 Å². The van der Waals surface area contributed by atoms with Gasteiger partial charge in [0.05, 0.1) is 16.8 Å². The van der Waals surface area contributed by atoms with Crippen LogP contribution in [0.3, 0.4) is 0 Å². The summed E-state index contributed by atoms with van der Waals surface area (Å²) < 4.78 is 13.3. The second-order valence-electron chi connectivity index (χ2n) is 6.97. The summed E-state index contributed by atoms with van der Waals surface area (Å²) in [6, 6.07) is 14.0. The number of carbonyl (C=O) groups is 1. The number of halogens is 2. The van der Waals surface area contributed by atoms with Crippen molar-refractivity contribution in [3.05, 3.63) is 64.9 Å². The lowest BCUT2D eigenvalue weighted by Crippen LogP contribution is -2.54. The quantitative estimate of drug-likeness (QED) is 0.781. The number of para-hydroxylation sites is 1. The smallest absolute Gasteiger partial charge is 0.239 e. The van der Waals surface area contributed by atoms with Crippen LogP contribution in [0, 0.1) is 5.82 Å². The molecule has 4 nitrogen and oxygen atoms in total. The highest BCUT2D eigenvalue weighted by atomic mass is 35.5. The van der Waals surface area contributed by atoms with Crippen LogP contribution in [0.1, 0.15) is 12.5 Å². The van der Waals surface area contributed by atoms with E-state index in [4.69, 9.17) is 11.6 Å². The van der Waals surface area contributed by atoms with E-state index in [0.717, 1.165) is 42.5 Å². The van der Waals surface area contributed by atoms with E-state index in [-0.39, 0.29) is 17.8 Å². The second kappa shape index (κ2) is 8.72. The van der Waals surface area contributed by atoms with Crippen molar-refractivity contribution >= 4 is 23.2 Å². The Labute approximate surface area is 165 Å². The van der Waals surface area contributed by atoms with Gasteiger partial charge in [0.15, 0.2) is 0 Å². The van der Waals surface area contributed by atoms with Crippen molar-refractivity contribution in [2.45, 2.75) is 19.5 Å². The van der Waals surface area contributed by atoms with Gasteiger partial charge in [-0.15, -0.1) is 0 Å². The van der Waals surface area contributed by atoms with Gasteiger partial charge in [0.1, 0.15) is 5.82 Å². The number of nitrogens with zero attached hydrogens (tertiary/aromatic N) is 3. The number of amides is 1. The maximum atomic E-state index is 13.3. The molecule has 0 aliphatic carbocycles. The maximum absolute atomic E-state index is 13.3. The van der Waals surface area contributed by atoms with Crippen molar-refractivity contribution in [1.29, 1.82) is 0 Å². The molecular formula is C21H25ClFN3O. The van der Waals surface area contributed by atoms with E-state index in [2.05, 4.69) is 9.80 Å². The molecular weight excluding hydrogens is 365 g/mol. The second-order valence-corrected chi connectivity index (χ2v) is 7.38. The van der Waals surface area contributed by atoms with E-state index >= 15 is 0 Å². The Morgan fingerprint density at radius 2 is 1.85 bits per heavy atom. The number of anilines is 1. The van der Waals surface area contributed by atoms with E-state index in [1.807, 2.05) is 37.3 Å². The van der Waals surface area contributed by atoms with Gasteiger partial charge >= 0.3 is 0 Å². The van der Waals surface area contributed by atoms with Gasteiger partial charge in [0.2, 0.25) is 5.91 Å². The molecule has 1 aliphatic heterocycles. The van der Waals surface area contributed by atoms with E-state index in [0.29, 0.717) is 6.54 Å². The number of rotatable bonds is 5. The minimum atomic E-state index is -0.280. The monoisotopic (exact) mass is 389 g/mol. The van der Waals surface area contributed by atoms with Crippen LogP contribution < -0.4 is 4.90 Å². The molecule has 6 heteroatoms. The third-order valence-electron chi connectivity index (χ3n) is 5.10. The first-order valence-corrected chi connectivity index (χ1v) is 9.56. The largest absolute Gasteiger partial charge is 0.368 e. The van der Waals surface area contributed by atoms with Crippen LogP contribution in [0.4, 0.5) is 10.1 Å². The molecule has 0 spiro atoms. The van der Waals surface area contributed by atoms with Crippen LogP contribution in [0.2, 0.25) is 5.02 Å². The molecule has 144 valence electrons. The van der Waals surface area contributed by atoms with Crippen LogP contribution in [0.25, 0.3) is 0 Å². The summed E-state index contributed by atoms with van der Waals surface area (Å²) in [4.78, 5) is 18.9. The molecule has 1 saturated heterocycles. The van der Waals surface area contributed by atoms with Gasteiger partial charge in [-0.25, -0.2) is 4.39 Å². The highest BCUT2D eigenvalue weighted by molar-refractivity contribution is 6.33. The highest BCUT2D eigenvalue weighted by Crippen LogP contribution is 2.26. The minimum Gasteiger partial charge on any atom is -0.368 e. The van der Waals surface area contributed by atoms with Crippen molar-refractivity contribution in [2.75, 3.05) is 38.1 Å². The fourth-order valence-electron chi connectivity index (χ4n) is 3.52. The van der Waals surface area contributed by atoms with Gasteiger partial charge < -0.3 is 9.80 Å². The van der Waals surface area contributed by atoms with Gasteiger partial charge in [-0.2, -0.15) is 0 Å². The van der Waals surface area contributed by atoms with Gasteiger partial charge in [-0.3, -0.25) is 9.69 Å². The summed E-state index contributed by atoms with van der Waals surface area (Å²) in [7, 11) is 1.77. The zero-order valence-corrected chi connectivity index (χ0v) is 16.5. The number of benzene rings is 2. The molecule has 1 heterocycles. The number of hydrogen-bond acceptors (Lipinski definition) is 3. The summed E-state index contributed by atoms with van der Waals surface area (Å²) in [5, 5.41) is 0.755. The Kier molecular flexibility index (Phi) is 6.34. The molecule has 3 rings (SSSR count). The number of likely N-dealkylation sites (N-methyl/N-ethyl adjacent to an activating group) is 1. The first-order chi connectivity index (χ1) is 13.0. The average molecular weight is 390 g/mol. The first-order valence-electron chi connectivity index (χ1n) is 9.18. The third kappa shape index (κ3) is 4.79. The van der Waals surface area contributed by atoms with Gasteiger partial charge in [0, 0.05) is 39.8 Å². The van der Waals surface area contributed by atoms with Crippen molar-refractivity contribution in [3.63, 3.8) is 0 Å². The normalized spacial score (nSPS) is 16.2. The van der Waals surface area contributed by atoms with Crippen molar-refractivity contribution in [3.8, 4) is 0 Å². The lowest BCUT2D eigenvalue weighted by Gasteiger charge is -2.39. The summed E-state index contributed by atoms with van der Waals surface area (Å²) in [5.74, 6) is -0.234. The lowest BCUT2D eigenvalue weighted by atomic mass is 10.1. The molecule has 1 amide bonds. The van der Waals surface area contributed by atoms with Crippen molar-refractivity contribution in [1.82, 2.24) is 9.80 Å². The Hall–Kier alpha value is -2.11. The zero-order valence-electron chi connectivity index (χ0n) is 15.7. The van der Waals surface area contributed by atoms with Crippen LogP contribution >= 0.6 is 11.6 Å². The number of carbonyl (C=O) groups excluding carboxylic acids is 1. The van der Waals surface area contributed by atoms with Crippen LogP contribution in [-0.2, 0) is 11.3 Å². The molecule has 0 saturated carbocycles. The molecule has 27 heavy (non-hydrogen) atoms. The topological polar surface area (TPSA) is 26.8 Å². The van der Waals surface area contributed by atoms with E-state index in [1.165, 1.54) is 12.1 Å². The van der Waals surface area contributed by atoms with Crippen LogP contribution in [0.5, 0.6) is 0 Å². The molecule has 1 unspecified atom stereocenters. The predicted molar refractivity (Wildman–Crippen MR) is 108 cm³/mol. The Morgan fingerprint density at radius 3 is 2.52 bits per heavy atom. The van der Waals surface area contributed by atoms with Gasteiger partial charge in [0.25, 0.3) is 0 Å². The molecule has 0 N–H and O–H groups in total. The number of piperazine rings is 1. The molecule has 2 aromatic carbocycles.